The van der Waals surface area contributed by atoms with Crippen LogP contribution in [0.5, 0.6) is 0 Å². The van der Waals surface area contributed by atoms with Crippen LogP contribution in [-0.2, 0) is 13.0 Å². The van der Waals surface area contributed by atoms with Gasteiger partial charge in [0.2, 0.25) is 0 Å². The Labute approximate surface area is 122 Å². The monoisotopic (exact) mass is 281 g/mol. The second kappa shape index (κ2) is 5.94. The number of nitrogens with zero attached hydrogens (tertiary/aromatic N) is 2. The Morgan fingerprint density at radius 2 is 1.70 bits per heavy atom. The fourth-order valence-corrected chi connectivity index (χ4v) is 2.85. The van der Waals surface area contributed by atoms with E-state index in [-0.39, 0.29) is 0 Å². The number of rotatable bonds is 4. The van der Waals surface area contributed by atoms with Crippen molar-refractivity contribution in [3.8, 4) is 11.3 Å². The van der Waals surface area contributed by atoms with Crippen LogP contribution in [0.25, 0.3) is 11.3 Å². The molecular weight excluding hydrogens is 266 g/mol. The molecule has 2 N–H and O–H groups in total. The average Bonchev–Trinajstić information content (AvgIpc) is 2.97. The van der Waals surface area contributed by atoms with Crippen molar-refractivity contribution in [3.05, 3.63) is 70.3 Å². The predicted octanol–water partition coefficient (Wildman–Crippen LogP) is 3.25. The van der Waals surface area contributed by atoms with Crippen LogP contribution in [-0.4, -0.2) is 9.97 Å². The zero-order valence-electron chi connectivity index (χ0n) is 11.0. The summed E-state index contributed by atoms with van der Waals surface area (Å²) in [5, 5.41) is 3.22. The zero-order valence-corrected chi connectivity index (χ0v) is 11.8. The van der Waals surface area contributed by atoms with Crippen molar-refractivity contribution < 1.29 is 0 Å². The van der Waals surface area contributed by atoms with Crippen molar-refractivity contribution >= 4 is 11.3 Å². The number of thiazole rings is 1. The highest BCUT2D eigenvalue weighted by Gasteiger charge is 2.05. The third-order valence-electron chi connectivity index (χ3n) is 3.14. The topological polar surface area (TPSA) is 51.8 Å². The lowest BCUT2D eigenvalue weighted by Gasteiger charge is -1.99. The van der Waals surface area contributed by atoms with Crippen LogP contribution in [0, 0.1) is 0 Å². The molecule has 0 fully saturated rings. The van der Waals surface area contributed by atoms with Crippen LogP contribution < -0.4 is 5.73 Å². The van der Waals surface area contributed by atoms with Crippen molar-refractivity contribution in [2.24, 2.45) is 5.73 Å². The van der Waals surface area contributed by atoms with E-state index in [2.05, 4.69) is 34.6 Å². The van der Waals surface area contributed by atoms with Gasteiger partial charge < -0.3 is 5.73 Å². The van der Waals surface area contributed by atoms with E-state index in [1.165, 1.54) is 5.56 Å². The maximum absolute atomic E-state index is 5.61. The average molecular weight is 281 g/mol. The summed E-state index contributed by atoms with van der Waals surface area (Å²) < 4.78 is 0. The molecule has 0 saturated heterocycles. The summed E-state index contributed by atoms with van der Waals surface area (Å²) in [6, 6.07) is 12.3. The van der Waals surface area contributed by atoms with Gasteiger partial charge in [0.15, 0.2) is 0 Å². The fraction of sp³-hybridized carbons (Fsp3) is 0.125. The molecule has 3 nitrogen and oxygen atoms in total. The molecule has 0 aliphatic carbocycles. The predicted molar refractivity (Wildman–Crippen MR) is 82.5 cm³/mol. The van der Waals surface area contributed by atoms with E-state index in [9.17, 15) is 0 Å². The molecular formula is C16H15N3S. The molecule has 0 atom stereocenters. The first kappa shape index (κ1) is 13.0. The third kappa shape index (κ3) is 2.92. The summed E-state index contributed by atoms with van der Waals surface area (Å²) in [4.78, 5) is 8.73. The summed E-state index contributed by atoms with van der Waals surface area (Å²) in [7, 11) is 0. The van der Waals surface area contributed by atoms with Crippen LogP contribution in [0.2, 0.25) is 0 Å². The molecule has 0 saturated carbocycles. The molecule has 3 aromatic rings. The van der Waals surface area contributed by atoms with Crippen molar-refractivity contribution in [2.75, 3.05) is 0 Å². The van der Waals surface area contributed by atoms with Gasteiger partial charge in [0.05, 0.1) is 10.7 Å². The molecule has 4 heteroatoms. The lowest BCUT2D eigenvalue weighted by molar-refractivity contribution is 1.07. The number of hydrogen-bond acceptors (Lipinski definition) is 4. The molecule has 0 unspecified atom stereocenters. The molecule has 100 valence electrons. The second-order valence-electron chi connectivity index (χ2n) is 4.56. The van der Waals surface area contributed by atoms with Crippen molar-refractivity contribution in [2.45, 2.75) is 13.0 Å². The first-order valence-electron chi connectivity index (χ1n) is 6.48. The van der Waals surface area contributed by atoms with Gasteiger partial charge in [0.25, 0.3) is 0 Å². The molecule has 0 spiro atoms. The highest BCUT2D eigenvalue weighted by atomic mass is 32.1. The van der Waals surface area contributed by atoms with Crippen LogP contribution in [0.4, 0.5) is 0 Å². The molecule has 0 radical (unpaired) electrons. The standard InChI is InChI=1S/C16H15N3S/c17-10-13-1-3-14(4-2-13)15-11-20-16(19-15)9-12-5-7-18-8-6-12/h1-8,11H,9-10,17H2. The van der Waals surface area contributed by atoms with Crippen LogP contribution in [0.15, 0.2) is 54.2 Å². The minimum Gasteiger partial charge on any atom is -0.326 e. The minimum absolute atomic E-state index is 0.574. The van der Waals surface area contributed by atoms with Crippen LogP contribution in [0.3, 0.4) is 0 Å². The summed E-state index contributed by atoms with van der Waals surface area (Å²) in [5.41, 5.74) is 10.2. The summed E-state index contributed by atoms with van der Waals surface area (Å²) in [5.74, 6) is 0. The van der Waals surface area contributed by atoms with Gasteiger partial charge in [-0.2, -0.15) is 0 Å². The molecule has 0 aliphatic heterocycles. The number of benzene rings is 1. The van der Waals surface area contributed by atoms with E-state index in [1.807, 2.05) is 24.5 Å². The lowest BCUT2D eigenvalue weighted by atomic mass is 10.1. The van der Waals surface area contributed by atoms with Crippen LogP contribution >= 0.6 is 11.3 Å². The van der Waals surface area contributed by atoms with E-state index in [0.717, 1.165) is 28.2 Å². The van der Waals surface area contributed by atoms with Gasteiger partial charge >= 0.3 is 0 Å². The summed E-state index contributed by atoms with van der Waals surface area (Å²) in [6.45, 7) is 0.574. The lowest BCUT2D eigenvalue weighted by Crippen LogP contribution is -1.95. The normalized spacial score (nSPS) is 10.7. The zero-order chi connectivity index (χ0) is 13.8. The highest BCUT2D eigenvalue weighted by Crippen LogP contribution is 2.23. The Kier molecular flexibility index (Phi) is 3.85. The molecule has 2 heterocycles. The van der Waals surface area contributed by atoms with E-state index in [1.54, 1.807) is 11.3 Å². The molecule has 20 heavy (non-hydrogen) atoms. The highest BCUT2D eigenvalue weighted by molar-refractivity contribution is 7.10. The fourth-order valence-electron chi connectivity index (χ4n) is 2.01. The third-order valence-corrected chi connectivity index (χ3v) is 3.99. The van der Waals surface area contributed by atoms with Gasteiger partial charge in [0, 0.05) is 36.3 Å². The number of pyridine rings is 1. The van der Waals surface area contributed by atoms with Gasteiger partial charge in [-0.1, -0.05) is 24.3 Å². The maximum atomic E-state index is 5.61. The van der Waals surface area contributed by atoms with Crippen molar-refractivity contribution in [1.29, 1.82) is 0 Å². The maximum Gasteiger partial charge on any atom is 0.0976 e. The van der Waals surface area contributed by atoms with Gasteiger partial charge in [-0.15, -0.1) is 11.3 Å². The van der Waals surface area contributed by atoms with Gasteiger partial charge in [-0.25, -0.2) is 4.98 Å². The van der Waals surface area contributed by atoms with Gasteiger partial charge in [0.1, 0.15) is 0 Å². The quantitative estimate of drug-likeness (QED) is 0.798. The van der Waals surface area contributed by atoms with Crippen molar-refractivity contribution in [1.82, 2.24) is 9.97 Å². The van der Waals surface area contributed by atoms with Gasteiger partial charge in [-0.05, 0) is 23.3 Å². The molecule has 3 rings (SSSR count). The number of nitrogens with two attached hydrogens (primary N) is 1. The Balaban J connectivity index is 1.79. The number of hydrogen-bond donors (Lipinski definition) is 1. The van der Waals surface area contributed by atoms with E-state index < -0.39 is 0 Å². The molecule has 0 aliphatic rings. The van der Waals surface area contributed by atoms with Crippen molar-refractivity contribution in [3.63, 3.8) is 0 Å². The second-order valence-corrected chi connectivity index (χ2v) is 5.50. The molecule has 1 aromatic carbocycles. The van der Waals surface area contributed by atoms with E-state index in [4.69, 9.17) is 10.7 Å². The SMILES string of the molecule is NCc1ccc(-c2csc(Cc3ccncc3)n2)cc1. The first-order valence-corrected chi connectivity index (χ1v) is 7.36. The Morgan fingerprint density at radius 3 is 2.40 bits per heavy atom. The smallest absolute Gasteiger partial charge is 0.0976 e. The first-order chi connectivity index (χ1) is 9.85. The minimum atomic E-state index is 0.574. The molecule has 0 amide bonds. The largest absolute Gasteiger partial charge is 0.326 e. The van der Waals surface area contributed by atoms with Gasteiger partial charge in [-0.3, -0.25) is 4.98 Å². The van der Waals surface area contributed by atoms with E-state index >= 15 is 0 Å². The summed E-state index contributed by atoms with van der Waals surface area (Å²) in [6.07, 6.45) is 4.48. The summed E-state index contributed by atoms with van der Waals surface area (Å²) >= 11 is 1.69. The Morgan fingerprint density at radius 1 is 0.950 bits per heavy atom. The number of aromatic nitrogens is 2. The Hall–Kier alpha value is -2.04. The molecule has 2 aromatic heterocycles. The van der Waals surface area contributed by atoms with Crippen LogP contribution in [0.1, 0.15) is 16.1 Å². The molecule has 0 bridgehead atoms. The van der Waals surface area contributed by atoms with E-state index in [0.29, 0.717) is 6.54 Å². The Bertz CT molecular complexity index is 674.